The fraction of sp³-hybridized carbons (Fsp3) is 0.222. The van der Waals surface area contributed by atoms with Crippen molar-refractivity contribution in [3.8, 4) is 5.75 Å². The molecule has 88 valence electrons. The Balaban J connectivity index is 3.10. The Morgan fingerprint density at radius 2 is 2.00 bits per heavy atom. The second kappa shape index (κ2) is 4.82. The van der Waals surface area contributed by atoms with Crippen molar-refractivity contribution in [2.45, 2.75) is 13.0 Å². The summed E-state index contributed by atoms with van der Waals surface area (Å²) in [6.45, 7) is -3.31. The van der Waals surface area contributed by atoms with E-state index in [1.54, 1.807) is 0 Å². The lowest BCUT2D eigenvalue weighted by Crippen LogP contribution is -2.08. The summed E-state index contributed by atoms with van der Waals surface area (Å²) >= 11 is 0. The number of hydrogen-bond donors (Lipinski definition) is 1. The van der Waals surface area contributed by atoms with Crippen LogP contribution in [0, 0.1) is 11.6 Å². The van der Waals surface area contributed by atoms with Crippen molar-refractivity contribution >= 4 is 5.97 Å². The highest BCUT2D eigenvalue weighted by atomic mass is 19.3. The van der Waals surface area contributed by atoms with E-state index in [0.717, 1.165) is 0 Å². The first kappa shape index (κ1) is 12.3. The Hall–Kier alpha value is -1.79. The highest BCUT2D eigenvalue weighted by Crippen LogP contribution is 2.24. The van der Waals surface area contributed by atoms with Crippen LogP contribution < -0.4 is 4.74 Å². The normalized spacial score (nSPS) is 10.6. The number of alkyl halides is 2. The maximum absolute atomic E-state index is 13.3. The van der Waals surface area contributed by atoms with Gasteiger partial charge in [-0.3, -0.25) is 4.79 Å². The lowest BCUT2D eigenvalue weighted by molar-refractivity contribution is -0.136. The van der Waals surface area contributed by atoms with Crippen LogP contribution in [0.4, 0.5) is 17.6 Å². The topological polar surface area (TPSA) is 46.5 Å². The van der Waals surface area contributed by atoms with Crippen LogP contribution in [0.5, 0.6) is 5.75 Å². The molecule has 0 aliphatic heterocycles. The molecular weight excluding hydrogens is 232 g/mol. The van der Waals surface area contributed by atoms with E-state index in [9.17, 15) is 22.4 Å². The van der Waals surface area contributed by atoms with E-state index in [4.69, 9.17) is 5.11 Å². The molecule has 0 atom stereocenters. The number of carboxylic acid groups (broad SMARTS) is 1. The Bertz CT molecular complexity index is 406. The highest BCUT2D eigenvalue weighted by molar-refractivity contribution is 5.70. The number of aliphatic carboxylic acids is 1. The molecule has 1 aromatic rings. The second-order valence-electron chi connectivity index (χ2n) is 2.83. The van der Waals surface area contributed by atoms with E-state index in [2.05, 4.69) is 4.74 Å². The molecule has 0 aromatic heterocycles. The lowest BCUT2D eigenvalue weighted by atomic mass is 10.1. The van der Waals surface area contributed by atoms with Gasteiger partial charge in [0.25, 0.3) is 0 Å². The molecule has 1 rings (SSSR count). The van der Waals surface area contributed by atoms with Gasteiger partial charge in [0.15, 0.2) is 11.6 Å². The second-order valence-corrected chi connectivity index (χ2v) is 2.83. The fourth-order valence-corrected chi connectivity index (χ4v) is 1.09. The molecule has 7 heteroatoms. The number of benzene rings is 1. The molecular formula is C9H6F4O3. The summed E-state index contributed by atoms with van der Waals surface area (Å²) in [4.78, 5) is 10.3. The zero-order chi connectivity index (χ0) is 12.3. The fourth-order valence-electron chi connectivity index (χ4n) is 1.09. The third-order valence-electron chi connectivity index (χ3n) is 1.64. The third-order valence-corrected chi connectivity index (χ3v) is 1.64. The molecule has 0 heterocycles. The van der Waals surface area contributed by atoms with Gasteiger partial charge < -0.3 is 9.84 Å². The highest BCUT2D eigenvalue weighted by Gasteiger charge is 2.17. The molecule has 0 spiro atoms. The summed E-state index contributed by atoms with van der Waals surface area (Å²) < 4.78 is 53.4. The van der Waals surface area contributed by atoms with E-state index in [1.807, 2.05) is 0 Å². The van der Waals surface area contributed by atoms with Gasteiger partial charge in [-0.2, -0.15) is 8.78 Å². The van der Waals surface area contributed by atoms with Gasteiger partial charge in [0.1, 0.15) is 5.82 Å². The third kappa shape index (κ3) is 3.11. The van der Waals surface area contributed by atoms with Crippen molar-refractivity contribution in [3.05, 3.63) is 29.3 Å². The minimum absolute atomic E-state index is 0.423. The smallest absolute Gasteiger partial charge is 0.387 e. The number of halogens is 4. The number of rotatable bonds is 4. The average Bonchev–Trinajstić information content (AvgIpc) is 2.11. The Kier molecular flexibility index (Phi) is 3.70. The van der Waals surface area contributed by atoms with Gasteiger partial charge in [-0.15, -0.1) is 0 Å². The summed E-state index contributed by atoms with van der Waals surface area (Å²) in [7, 11) is 0. The standard InChI is InChI=1S/C9H6F4O3/c10-5-1-4(2-7(14)15)8(11)6(3-5)16-9(12)13/h1,3,9H,2H2,(H,14,15). The van der Waals surface area contributed by atoms with Crippen LogP contribution in [0.25, 0.3) is 0 Å². The average molecular weight is 238 g/mol. The molecule has 16 heavy (non-hydrogen) atoms. The molecule has 3 nitrogen and oxygen atoms in total. The first-order valence-corrected chi connectivity index (χ1v) is 4.04. The maximum Gasteiger partial charge on any atom is 0.387 e. The molecule has 0 aliphatic rings. The van der Waals surface area contributed by atoms with Crippen LogP contribution in [0.2, 0.25) is 0 Å². The van der Waals surface area contributed by atoms with Crippen molar-refractivity contribution in [3.63, 3.8) is 0 Å². The number of ether oxygens (including phenoxy) is 1. The van der Waals surface area contributed by atoms with Gasteiger partial charge >= 0.3 is 12.6 Å². The summed E-state index contributed by atoms with van der Waals surface area (Å²) in [6.07, 6.45) is -0.816. The van der Waals surface area contributed by atoms with Gasteiger partial charge in [-0.05, 0) is 6.07 Å². The van der Waals surface area contributed by atoms with Crippen molar-refractivity contribution in [1.82, 2.24) is 0 Å². The van der Waals surface area contributed by atoms with Crippen molar-refractivity contribution in [2.24, 2.45) is 0 Å². The largest absolute Gasteiger partial charge is 0.481 e. The molecule has 1 N–H and O–H groups in total. The Morgan fingerprint density at radius 3 is 2.50 bits per heavy atom. The van der Waals surface area contributed by atoms with E-state index in [0.29, 0.717) is 12.1 Å². The molecule has 0 bridgehead atoms. The first-order chi connectivity index (χ1) is 7.40. The molecule has 0 amide bonds. The van der Waals surface area contributed by atoms with Crippen molar-refractivity contribution in [1.29, 1.82) is 0 Å². The summed E-state index contributed by atoms with van der Waals surface area (Å²) in [5.74, 6) is -4.77. The quantitative estimate of drug-likeness (QED) is 0.818. The maximum atomic E-state index is 13.3. The Labute approximate surface area is 87.3 Å². The molecule has 0 fully saturated rings. The molecule has 0 radical (unpaired) electrons. The van der Waals surface area contributed by atoms with Gasteiger partial charge in [-0.1, -0.05) is 0 Å². The summed E-state index contributed by atoms with van der Waals surface area (Å²) in [5, 5.41) is 8.38. The van der Waals surface area contributed by atoms with Crippen molar-refractivity contribution < 1.29 is 32.2 Å². The van der Waals surface area contributed by atoms with E-state index in [1.165, 1.54) is 0 Å². The van der Waals surface area contributed by atoms with Crippen LogP contribution in [-0.2, 0) is 11.2 Å². The van der Waals surface area contributed by atoms with E-state index >= 15 is 0 Å². The lowest BCUT2D eigenvalue weighted by Gasteiger charge is -2.08. The molecule has 0 saturated heterocycles. The van der Waals surface area contributed by atoms with Crippen LogP contribution in [-0.4, -0.2) is 17.7 Å². The molecule has 1 aromatic carbocycles. The van der Waals surface area contributed by atoms with Crippen LogP contribution in [0.3, 0.4) is 0 Å². The van der Waals surface area contributed by atoms with Crippen molar-refractivity contribution in [2.75, 3.05) is 0 Å². The number of carboxylic acids is 1. The predicted octanol–water partition coefficient (Wildman–Crippen LogP) is 2.19. The number of hydrogen-bond acceptors (Lipinski definition) is 2. The molecule has 0 unspecified atom stereocenters. The monoisotopic (exact) mass is 238 g/mol. The predicted molar refractivity (Wildman–Crippen MR) is 44.3 cm³/mol. The van der Waals surface area contributed by atoms with Gasteiger partial charge in [-0.25, -0.2) is 8.78 Å². The number of carbonyl (C=O) groups is 1. The zero-order valence-corrected chi connectivity index (χ0v) is 7.71. The van der Waals surface area contributed by atoms with E-state index in [-0.39, 0.29) is 0 Å². The van der Waals surface area contributed by atoms with Gasteiger partial charge in [0.05, 0.1) is 6.42 Å². The van der Waals surface area contributed by atoms with Gasteiger partial charge in [0.2, 0.25) is 0 Å². The van der Waals surface area contributed by atoms with Crippen LogP contribution in [0.15, 0.2) is 12.1 Å². The summed E-state index contributed by atoms with van der Waals surface area (Å²) in [5.41, 5.74) is -0.553. The Morgan fingerprint density at radius 1 is 1.38 bits per heavy atom. The van der Waals surface area contributed by atoms with Crippen LogP contribution in [0.1, 0.15) is 5.56 Å². The first-order valence-electron chi connectivity index (χ1n) is 4.04. The SMILES string of the molecule is O=C(O)Cc1cc(F)cc(OC(F)F)c1F. The summed E-state index contributed by atoms with van der Waals surface area (Å²) in [6, 6.07) is 1.04. The zero-order valence-electron chi connectivity index (χ0n) is 7.71. The van der Waals surface area contributed by atoms with Gasteiger partial charge in [0, 0.05) is 11.6 Å². The minimum Gasteiger partial charge on any atom is -0.481 e. The molecule has 0 aliphatic carbocycles. The van der Waals surface area contributed by atoms with E-state index < -0.39 is 41.9 Å². The van der Waals surface area contributed by atoms with Crippen LogP contribution >= 0.6 is 0 Å². The molecule has 0 saturated carbocycles. The minimum atomic E-state index is -3.31.